The predicted octanol–water partition coefficient (Wildman–Crippen LogP) is 2.74. The molecule has 1 atom stereocenters. The molecule has 6 nitrogen and oxygen atoms in total. The number of amides is 2. The quantitative estimate of drug-likeness (QED) is 0.883. The van der Waals surface area contributed by atoms with Gasteiger partial charge in [-0.1, -0.05) is 11.6 Å². The molecule has 2 amide bonds. The first-order valence-corrected chi connectivity index (χ1v) is 9.08. The van der Waals surface area contributed by atoms with Crippen molar-refractivity contribution in [2.24, 2.45) is 5.41 Å². The molecule has 0 radical (unpaired) electrons. The zero-order valence-corrected chi connectivity index (χ0v) is 14.9. The van der Waals surface area contributed by atoms with Crippen LogP contribution in [0.2, 0.25) is 5.02 Å². The lowest BCUT2D eigenvalue weighted by molar-refractivity contribution is -0.134. The first-order chi connectivity index (χ1) is 12.0. The number of aromatic nitrogens is 2. The smallest absolute Gasteiger partial charge is 0.268 e. The van der Waals surface area contributed by atoms with Gasteiger partial charge < -0.3 is 15.2 Å². The minimum Gasteiger partial charge on any atom is -0.349 e. The van der Waals surface area contributed by atoms with E-state index in [1.807, 2.05) is 4.90 Å². The number of nitrogens with one attached hydrogen (secondary N) is 2. The molecule has 3 heterocycles. The van der Waals surface area contributed by atoms with Crippen molar-refractivity contribution in [1.82, 2.24) is 20.2 Å². The maximum Gasteiger partial charge on any atom is 0.268 e. The Morgan fingerprint density at radius 1 is 1.28 bits per heavy atom. The average molecular weight is 361 g/mol. The highest BCUT2D eigenvalue weighted by Crippen LogP contribution is 2.53. The molecule has 1 saturated carbocycles. The summed E-state index contributed by atoms with van der Waals surface area (Å²) in [5.74, 6) is -0.327. The fourth-order valence-electron chi connectivity index (χ4n) is 3.59. The number of fused-ring (bicyclic) bond motifs is 1. The first-order valence-electron chi connectivity index (χ1n) is 8.70. The summed E-state index contributed by atoms with van der Waals surface area (Å²) in [7, 11) is 0. The van der Waals surface area contributed by atoms with Gasteiger partial charge in [0, 0.05) is 19.3 Å². The van der Waals surface area contributed by atoms with Gasteiger partial charge >= 0.3 is 0 Å². The molecule has 0 bridgehead atoms. The molecule has 2 N–H and O–H groups in total. The number of nitrogens with zero attached hydrogens (tertiary/aromatic N) is 2. The minimum atomic E-state index is -0.552. The molecular formula is C18H21ClN4O2. The standard InChI is InChI=1S/C18H21ClN4O2/c1-11(17(25)23-6-4-18(2-3-18)5-7-23)21-16(24)15-9-13-14(22-15)8-12(19)10-20-13/h8-11,22H,2-7H2,1H3,(H,21,24)/t11-/m1/s1. The first kappa shape index (κ1) is 16.4. The number of carbonyl (C=O) groups excluding carboxylic acids is 2. The highest BCUT2D eigenvalue weighted by molar-refractivity contribution is 6.31. The van der Waals surface area contributed by atoms with E-state index in [4.69, 9.17) is 11.6 Å². The van der Waals surface area contributed by atoms with Gasteiger partial charge in [-0.05, 0) is 50.2 Å². The molecular weight excluding hydrogens is 340 g/mol. The average Bonchev–Trinajstić information content (AvgIpc) is 3.21. The summed E-state index contributed by atoms with van der Waals surface area (Å²) in [6, 6.07) is 2.83. The second-order valence-electron chi connectivity index (χ2n) is 7.29. The maximum atomic E-state index is 12.6. The Kier molecular flexibility index (Phi) is 3.95. The fraction of sp³-hybridized carbons (Fsp3) is 0.500. The summed E-state index contributed by atoms with van der Waals surface area (Å²) >= 11 is 5.91. The molecule has 0 unspecified atom stereocenters. The molecule has 1 aliphatic carbocycles. The molecule has 2 aromatic rings. The number of rotatable bonds is 3. The second kappa shape index (κ2) is 6.02. The number of pyridine rings is 1. The van der Waals surface area contributed by atoms with Crippen LogP contribution < -0.4 is 5.32 Å². The van der Waals surface area contributed by atoms with Crippen LogP contribution in [0.1, 0.15) is 43.1 Å². The summed E-state index contributed by atoms with van der Waals surface area (Å²) in [6.45, 7) is 3.33. The van der Waals surface area contributed by atoms with E-state index in [1.165, 1.54) is 19.0 Å². The third-order valence-electron chi connectivity index (χ3n) is 5.49. The second-order valence-corrected chi connectivity index (χ2v) is 7.73. The van der Waals surface area contributed by atoms with Gasteiger partial charge in [0.1, 0.15) is 11.7 Å². The predicted molar refractivity (Wildman–Crippen MR) is 95.5 cm³/mol. The van der Waals surface area contributed by atoms with Gasteiger partial charge in [0.2, 0.25) is 5.91 Å². The number of aromatic amines is 1. The van der Waals surface area contributed by atoms with E-state index in [-0.39, 0.29) is 11.8 Å². The summed E-state index contributed by atoms with van der Waals surface area (Å²) < 4.78 is 0. The summed E-state index contributed by atoms with van der Waals surface area (Å²) in [4.78, 5) is 34.1. The monoisotopic (exact) mass is 360 g/mol. The summed E-state index contributed by atoms with van der Waals surface area (Å²) in [6.07, 6.45) is 6.33. The third kappa shape index (κ3) is 3.23. The van der Waals surface area contributed by atoms with Crippen LogP contribution in [-0.4, -0.2) is 45.8 Å². The van der Waals surface area contributed by atoms with Crippen molar-refractivity contribution >= 4 is 34.4 Å². The van der Waals surface area contributed by atoms with Crippen LogP contribution in [0.25, 0.3) is 11.0 Å². The molecule has 2 aromatic heterocycles. The zero-order valence-electron chi connectivity index (χ0n) is 14.1. The molecule has 1 aliphatic heterocycles. The van der Waals surface area contributed by atoms with Crippen LogP contribution in [0.3, 0.4) is 0 Å². The van der Waals surface area contributed by atoms with E-state index in [0.717, 1.165) is 25.9 Å². The molecule has 4 rings (SSSR count). The van der Waals surface area contributed by atoms with Crippen LogP contribution >= 0.6 is 11.6 Å². The third-order valence-corrected chi connectivity index (χ3v) is 5.70. The molecule has 0 aromatic carbocycles. The summed E-state index contributed by atoms with van der Waals surface area (Å²) in [5.41, 5.74) is 2.27. The van der Waals surface area contributed by atoms with Crippen LogP contribution in [0.4, 0.5) is 0 Å². The number of hydrogen-bond acceptors (Lipinski definition) is 3. The lowest BCUT2D eigenvalue weighted by atomic mass is 9.93. The Morgan fingerprint density at radius 2 is 2.00 bits per heavy atom. The van der Waals surface area contributed by atoms with Crippen molar-refractivity contribution in [2.75, 3.05) is 13.1 Å². The van der Waals surface area contributed by atoms with Gasteiger partial charge in [-0.2, -0.15) is 0 Å². The van der Waals surface area contributed by atoms with E-state index >= 15 is 0 Å². The van der Waals surface area contributed by atoms with E-state index in [1.54, 1.807) is 19.1 Å². The van der Waals surface area contributed by atoms with Gasteiger partial charge in [0.25, 0.3) is 5.91 Å². The van der Waals surface area contributed by atoms with Crippen molar-refractivity contribution in [3.8, 4) is 0 Å². The molecule has 7 heteroatoms. The van der Waals surface area contributed by atoms with Gasteiger partial charge in [0.05, 0.1) is 16.1 Å². The molecule has 1 spiro atoms. The number of carbonyl (C=O) groups is 2. The van der Waals surface area contributed by atoms with Gasteiger partial charge in [0.15, 0.2) is 0 Å². The molecule has 2 fully saturated rings. The Morgan fingerprint density at radius 3 is 2.68 bits per heavy atom. The minimum absolute atomic E-state index is 0.0128. The lowest BCUT2D eigenvalue weighted by Gasteiger charge is -2.33. The summed E-state index contributed by atoms with van der Waals surface area (Å²) in [5, 5.41) is 3.29. The molecule has 1 saturated heterocycles. The lowest BCUT2D eigenvalue weighted by Crippen LogP contribution is -2.49. The van der Waals surface area contributed by atoms with Crippen molar-refractivity contribution in [3.63, 3.8) is 0 Å². The number of piperidine rings is 1. The maximum absolute atomic E-state index is 12.6. The van der Waals surface area contributed by atoms with Crippen LogP contribution in [0.15, 0.2) is 18.3 Å². The van der Waals surface area contributed by atoms with E-state index < -0.39 is 6.04 Å². The van der Waals surface area contributed by atoms with Crippen molar-refractivity contribution in [3.05, 3.63) is 29.0 Å². The molecule has 2 aliphatic rings. The highest BCUT2D eigenvalue weighted by Gasteiger charge is 2.45. The topological polar surface area (TPSA) is 78.1 Å². The van der Waals surface area contributed by atoms with E-state index in [9.17, 15) is 9.59 Å². The fourth-order valence-corrected chi connectivity index (χ4v) is 3.75. The normalized spacial score (nSPS) is 19.8. The van der Waals surface area contributed by atoms with Crippen LogP contribution in [0.5, 0.6) is 0 Å². The van der Waals surface area contributed by atoms with Gasteiger partial charge in [-0.15, -0.1) is 0 Å². The molecule has 25 heavy (non-hydrogen) atoms. The van der Waals surface area contributed by atoms with Crippen LogP contribution in [-0.2, 0) is 4.79 Å². The van der Waals surface area contributed by atoms with Crippen molar-refractivity contribution in [1.29, 1.82) is 0 Å². The Hall–Kier alpha value is -2.08. The van der Waals surface area contributed by atoms with Crippen LogP contribution in [0, 0.1) is 5.41 Å². The van der Waals surface area contributed by atoms with Crippen molar-refractivity contribution < 1.29 is 9.59 Å². The Balaban J connectivity index is 1.39. The number of halogens is 1. The number of H-pyrrole nitrogens is 1. The van der Waals surface area contributed by atoms with Gasteiger partial charge in [-0.3, -0.25) is 14.6 Å². The van der Waals surface area contributed by atoms with E-state index in [2.05, 4.69) is 15.3 Å². The van der Waals surface area contributed by atoms with Gasteiger partial charge in [-0.25, -0.2) is 0 Å². The van der Waals surface area contributed by atoms with Crippen molar-refractivity contribution in [2.45, 2.75) is 38.6 Å². The largest absolute Gasteiger partial charge is 0.349 e. The Labute approximate surface area is 150 Å². The highest BCUT2D eigenvalue weighted by atomic mass is 35.5. The zero-order chi connectivity index (χ0) is 17.6. The molecule has 132 valence electrons. The number of likely N-dealkylation sites (tertiary alicyclic amines) is 1. The van der Waals surface area contributed by atoms with E-state index in [0.29, 0.717) is 27.2 Å². The number of hydrogen-bond donors (Lipinski definition) is 2. The SMILES string of the molecule is C[C@@H](NC(=O)c1cc2ncc(Cl)cc2[nH]1)C(=O)N1CCC2(CC1)CC2. The Bertz CT molecular complexity index is 833.